The van der Waals surface area contributed by atoms with Crippen molar-refractivity contribution in [1.29, 1.82) is 0 Å². The Hall–Kier alpha value is -3.55. The molecule has 2 N–H and O–H groups in total. The van der Waals surface area contributed by atoms with E-state index in [0.29, 0.717) is 30.6 Å². The first kappa shape index (κ1) is 22.1. The lowest BCUT2D eigenvalue weighted by atomic mass is 10.1. The molecule has 2 aromatic carbocycles. The monoisotopic (exact) mass is 422 g/mol. The van der Waals surface area contributed by atoms with E-state index in [1.165, 1.54) is 0 Å². The van der Waals surface area contributed by atoms with Gasteiger partial charge in [-0.05, 0) is 38.5 Å². The second-order valence-electron chi connectivity index (χ2n) is 7.09. The fraction of sp³-hybridized carbons (Fsp3) is 0.348. The lowest BCUT2D eigenvalue weighted by molar-refractivity contribution is 0.311. The van der Waals surface area contributed by atoms with E-state index in [1.54, 1.807) is 7.11 Å². The lowest BCUT2D eigenvalue weighted by Gasteiger charge is -2.19. The van der Waals surface area contributed by atoms with Crippen molar-refractivity contribution < 1.29 is 9.47 Å². The largest absolute Gasteiger partial charge is 0.493 e. The van der Waals surface area contributed by atoms with Gasteiger partial charge >= 0.3 is 0 Å². The minimum absolute atomic E-state index is 0.0540. The Balaban J connectivity index is 1.84. The van der Waals surface area contributed by atoms with Gasteiger partial charge in [-0.1, -0.05) is 30.3 Å². The molecular weight excluding hydrogens is 392 g/mol. The van der Waals surface area contributed by atoms with Crippen molar-refractivity contribution in [3.8, 4) is 11.5 Å². The number of ether oxygens (including phenoxy) is 2. The van der Waals surface area contributed by atoms with E-state index in [4.69, 9.17) is 14.5 Å². The molecule has 0 spiro atoms. The van der Waals surface area contributed by atoms with E-state index in [1.807, 2.05) is 61.9 Å². The number of hydrogen-bond acceptors (Lipinski definition) is 5. The molecule has 0 amide bonds. The number of guanidine groups is 1. The molecule has 0 saturated heterocycles. The molecule has 1 atom stereocenters. The van der Waals surface area contributed by atoms with Crippen LogP contribution in [0.3, 0.4) is 0 Å². The van der Waals surface area contributed by atoms with Gasteiger partial charge in [0.2, 0.25) is 0 Å². The number of anilines is 1. The summed E-state index contributed by atoms with van der Waals surface area (Å²) in [5, 5.41) is 15.1. The van der Waals surface area contributed by atoms with Crippen LogP contribution in [-0.2, 0) is 13.6 Å². The molecule has 164 valence electrons. The normalized spacial score (nSPS) is 12.4. The average Bonchev–Trinajstić information content (AvgIpc) is 3.11. The second kappa shape index (κ2) is 10.5. The molecule has 3 aromatic rings. The summed E-state index contributed by atoms with van der Waals surface area (Å²) in [6, 6.07) is 16.0. The zero-order chi connectivity index (χ0) is 22.2. The van der Waals surface area contributed by atoms with Crippen LogP contribution < -0.4 is 20.1 Å². The van der Waals surface area contributed by atoms with Crippen molar-refractivity contribution in [2.45, 2.75) is 33.4 Å². The molecule has 31 heavy (non-hydrogen) atoms. The van der Waals surface area contributed by atoms with Gasteiger partial charge in [-0.25, -0.2) is 4.99 Å². The van der Waals surface area contributed by atoms with Gasteiger partial charge in [-0.3, -0.25) is 0 Å². The Bertz CT molecular complexity index is 1020. The van der Waals surface area contributed by atoms with Crippen LogP contribution >= 0.6 is 0 Å². The molecule has 3 rings (SSSR count). The number of aromatic nitrogens is 3. The SMILES string of the molecule is CCOc1ccc(NC(=NCc2nnc(C)n2C)NC(C)c2ccccc2)cc1OC. The first-order valence-electron chi connectivity index (χ1n) is 10.3. The highest BCUT2D eigenvalue weighted by Gasteiger charge is 2.12. The minimum atomic E-state index is 0.0540. The molecule has 0 fully saturated rings. The number of aryl methyl sites for hydroxylation is 1. The van der Waals surface area contributed by atoms with Crippen LogP contribution in [0, 0.1) is 6.92 Å². The highest BCUT2D eigenvalue weighted by atomic mass is 16.5. The number of benzene rings is 2. The molecule has 1 unspecified atom stereocenters. The molecule has 0 saturated carbocycles. The minimum Gasteiger partial charge on any atom is -0.493 e. The van der Waals surface area contributed by atoms with Crippen LogP contribution in [0.1, 0.15) is 37.1 Å². The Morgan fingerprint density at radius 1 is 1.13 bits per heavy atom. The number of rotatable bonds is 8. The smallest absolute Gasteiger partial charge is 0.196 e. The number of nitrogens with one attached hydrogen (secondary N) is 2. The predicted molar refractivity (Wildman–Crippen MR) is 123 cm³/mol. The van der Waals surface area contributed by atoms with Gasteiger partial charge in [0.1, 0.15) is 12.4 Å². The topological polar surface area (TPSA) is 85.6 Å². The van der Waals surface area contributed by atoms with Crippen molar-refractivity contribution in [3.63, 3.8) is 0 Å². The van der Waals surface area contributed by atoms with Gasteiger partial charge < -0.3 is 24.7 Å². The molecule has 0 bridgehead atoms. The van der Waals surface area contributed by atoms with Crippen LogP contribution in [0.4, 0.5) is 5.69 Å². The Morgan fingerprint density at radius 3 is 2.55 bits per heavy atom. The van der Waals surface area contributed by atoms with Crippen LogP contribution in [0.5, 0.6) is 11.5 Å². The summed E-state index contributed by atoms with van der Waals surface area (Å²) in [4.78, 5) is 4.74. The molecule has 0 aliphatic heterocycles. The molecule has 0 aliphatic rings. The summed E-state index contributed by atoms with van der Waals surface area (Å²) < 4.78 is 13.0. The summed E-state index contributed by atoms with van der Waals surface area (Å²) in [6.45, 7) is 6.92. The fourth-order valence-electron chi connectivity index (χ4n) is 3.05. The van der Waals surface area contributed by atoms with E-state index < -0.39 is 0 Å². The number of methoxy groups -OCH3 is 1. The van der Waals surface area contributed by atoms with E-state index in [9.17, 15) is 0 Å². The van der Waals surface area contributed by atoms with Crippen molar-refractivity contribution in [2.75, 3.05) is 19.0 Å². The summed E-state index contributed by atoms with van der Waals surface area (Å²) in [5.74, 6) is 3.63. The second-order valence-corrected chi connectivity index (χ2v) is 7.09. The zero-order valence-electron chi connectivity index (χ0n) is 18.7. The van der Waals surface area contributed by atoms with Gasteiger partial charge in [0.25, 0.3) is 0 Å². The number of hydrogen-bond donors (Lipinski definition) is 2. The van der Waals surface area contributed by atoms with Crippen molar-refractivity contribution in [1.82, 2.24) is 20.1 Å². The van der Waals surface area contributed by atoms with E-state index in [-0.39, 0.29) is 6.04 Å². The van der Waals surface area contributed by atoms with Crippen molar-refractivity contribution >= 4 is 11.6 Å². The Morgan fingerprint density at radius 2 is 1.90 bits per heavy atom. The Labute approximate surface area is 183 Å². The van der Waals surface area contributed by atoms with Crippen molar-refractivity contribution in [3.05, 3.63) is 65.7 Å². The third-order valence-electron chi connectivity index (χ3n) is 4.94. The van der Waals surface area contributed by atoms with E-state index in [0.717, 1.165) is 22.9 Å². The van der Waals surface area contributed by atoms with Gasteiger partial charge in [-0.2, -0.15) is 0 Å². The maximum absolute atomic E-state index is 5.61. The maximum Gasteiger partial charge on any atom is 0.196 e. The van der Waals surface area contributed by atoms with Gasteiger partial charge in [0.15, 0.2) is 23.3 Å². The zero-order valence-corrected chi connectivity index (χ0v) is 18.7. The molecule has 1 aromatic heterocycles. The summed E-state index contributed by atoms with van der Waals surface area (Å²) >= 11 is 0. The lowest BCUT2D eigenvalue weighted by Crippen LogP contribution is -2.33. The van der Waals surface area contributed by atoms with E-state index in [2.05, 4.69) is 39.9 Å². The van der Waals surface area contributed by atoms with Crippen LogP contribution in [-0.4, -0.2) is 34.4 Å². The molecular formula is C23H30N6O2. The first-order valence-corrected chi connectivity index (χ1v) is 10.3. The highest BCUT2D eigenvalue weighted by molar-refractivity contribution is 5.94. The average molecular weight is 423 g/mol. The molecule has 1 heterocycles. The molecule has 8 heteroatoms. The molecule has 0 radical (unpaired) electrons. The summed E-state index contributed by atoms with van der Waals surface area (Å²) in [6.07, 6.45) is 0. The first-order chi connectivity index (χ1) is 15.0. The summed E-state index contributed by atoms with van der Waals surface area (Å²) in [5.41, 5.74) is 2.00. The maximum atomic E-state index is 5.61. The van der Waals surface area contributed by atoms with Gasteiger partial charge in [-0.15, -0.1) is 10.2 Å². The number of aliphatic imine (C=N–C) groups is 1. The van der Waals surface area contributed by atoms with Crippen molar-refractivity contribution in [2.24, 2.45) is 12.0 Å². The fourth-order valence-corrected chi connectivity index (χ4v) is 3.05. The third-order valence-corrected chi connectivity index (χ3v) is 4.94. The summed E-state index contributed by atoms with van der Waals surface area (Å²) in [7, 11) is 3.56. The highest BCUT2D eigenvalue weighted by Crippen LogP contribution is 2.30. The standard InChI is InChI=1S/C23H30N6O2/c1-6-31-20-13-12-19(14-21(20)30-5)26-23(24-15-22-28-27-17(3)29(22)4)25-16(2)18-10-8-7-9-11-18/h7-14,16H,6,15H2,1-5H3,(H2,24,25,26). The Kier molecular flexibility index (Phi) is 7.48. The number of nitrogens with zero attached hydrogens (tertiary/aromatic N) is 4. The van der Waals surface area contributed by atoms with E-state index >= 15 is 0 Å². The molecule has 0 aliphatic carbocycles. The quantitative estimate of drug-likeness (QED) is 0.424. The third kappa shape index (κ3) is 5.75. The molecule has 8 nitrogen and oxygen atoms in total. The van der Waals surface area contributed by atoms with Gasteiger partial charge in [0, 0.05) is 18.8 Å². The van der Waals surface area contributed by atoms with Gasteiger partial charge in [0.05, 0.1) is 19.8 Å². The van der Waals surface area contributed by atoms with Crippen LogP contribution in [0.25, 0.3) is 0 Å². The predicted octanol–water partition coefficient (Wildman–Crippen LogP) is 3.85. The van der Waals surface area contributed by atoms with Crippen LogP contribution in [0.15, 0.2) is 53.5 Å². The van der Waals surface area contributed by atoms with Crippen LogP contribution in [0.2, 0.25) is 0 Å².